The molecule has 0 atom stereocenters. The molecule has 0 spiro atoms. The summed E-state index contributed by atoms with van der Waals surface area (Å²) in [7, 11) is 0. The highest BCUT2D eigenvalue weighted by Crippen LogP contribution is 1.87. The van der Waals surface area contributed by atoms with E-state index in [1.165, 1.54) is 0 Å². The fourth-order valence-electron chi connectivity index (χ4n) is 1.42. The van der Waals surface area contributed by atoms with Gasteiger partial charge in [-0.3, -0.25) is 5.43 Å². The standard InChI is InChI=1S/C12H27N3/c1-5-14(6-2)12-10-9-11-13-15(7-3)8-4/h9-10,13H,5-8,11-12H2,1-4H3/b10-9+. The highest BCUT2D eigenvalue weighted by Gasteiger charge is 1.95. The third-order valence-electron chi connectivity index (χ3n) is 2.62. The van der Waals surface area contributed by atoms with Crippen LogP contribution in [0.1, 0.15) is 27.7 Å². The minimum Gasteiger partial charge on any atom is -0.300 e. The second-order valence-electron chi connectivity index (χ2n) is 3.49. The van der Waals surface area contributed by atoms with Gasteiger partial charge in [0.2, 0.25) is 0 Å². The number of rotatable bonds is 9. The molecule has 15 heavy (non-hydrogen) atoms. The van der Waals surface area contributed by atoms with E-state index < -0.39 is 0 Å². The Labute approximate surface area is 95.1 Å². The molecule has 0 amide bonds. The zero-order valence-electron chi connectivity index (χ0n) is 10.8. The van der Waals surface area contributed by atoms with E-state index in [1.807, 2.05) is 0 Å². The maximum Gasteiger partial charge on any atom is 0.0283 e. The molecule has 0 fully saturated rings. The molecule has 0 aliphatic heterocycles. The van der Waals surface area contributed by atoms with E-state index in [4.69, 9.17) is 0 Å². The van der Waals surface area contributed by atoms with Crippen molar-refractivity contribution < 1.29 is 0 Å². The van der Waals surface area contributed by atoms with Gasteiger partial charge in [0.1, 0.15) is 0 Å². The molecule has 0 aromatic heterocycles. The van der Waals surface area contributed by atoms with Gasteiger partial charge in [0.15, 0.2) is 0 Å². The third kappa shape index (κ3) is 7.54. The summed E-state index contributed by atoms with van der Waals surface area (Å²) in [5.41, 5.74) is 3.36. The smallest absolute Gasteiger partial charge is 0.0283 e. The van der Waals surface area contributed by atoms with Crippen LogP contribution in [0.2, 0.25) is 0 Å². The zero-order valence-corrected chi connectivity index (χ0v) is 10.8. The van der Waals surface area contributed by atoms with Crippen molar-refractivity contribution in [2.24, 2.45) is 0 Å². The molecule has 0 heterocycles. The number of hydrazine groups is 1. The Bertz CT molecular complexity index is 149. The van der Waals surface area contributed by atoms with Crippen LogP contribution in [0.25, 0.3) is 0 Å². The Morgan fingerprint density at radius 2 is 1.47 bits per heavy atom. The quantitative estimate of drug-likeness (QED) is 0.465. The van der Waals surface area contributed by atoms with Gasteiger partial charge in [0.25, 0.3) is 0 Å². The highest BCUT2D eigenvalue weighted by molar-refractivity contribution is 4.86. The zero-order chi connectivity index (χ0) is 11.5. The normalized spacial score (nSPS) is 12.1. The Morgan fingerprint density at radius 3 is 1.93 bits per heavy atom. The fourth-order valence-corrected chi connectivity index (χ4v) is 1.42. The largest absolute Gasteiger partial charge is 0.300 e. The molecule has 0 aliphatic carbocycles. The molecule has 90 valence electrons. The summed E-state index contributed by atoms with van der Waals surface area (Å²) in [5.74, 6) is 0. The lowest BCUT2D eigenvalue weighted by atomic mass is 10.4. The first-order valence-corrected chi connectivity index (χ1v) is 6.14. The van der Waals surface area contributed by atoms with Gasteiger partial charge in [-0.2, -0.15) is 0 Å². The first-order chi connectivity index (χ1) is 7.28. The average Bonchev–Trinajstić information content (AvgIpc) is 2.29. The predicted octanol–water partition coefficient (Wildman–Crippen LogP) is 1.73. The van der Waals surface area contributed by atoms with Crippen LogP contribution in [0.5, 0.6) is 0 Å². The van der Waals surface area contributed by atoms with Crippen molar-refractivity contribution in [3.8, 4) is 0 Å². The summed E-state index contributed by atoms with van der Waals surface area (Å²) in [4.78, 5) is 2.40. The number of nitrogens with zero attached hydrogens (tertiary/aromatic N) is 2. The lowest BCUT2D eigenvalue weighted by Crippen LogP contribution is -2.37. The maximum atomic E-state index is 3.36. The summed E-state index contributed by atoms with van der Waals surface area (Å²) in [6, 6.07) is 0. The molecule has 0 aromatic carbocycles. The van der Waals surface area contributed by atoms with Gasteiger partial charge < -0.3 is 4.90 Å². The van der Waals surface area contributed by atoms with E-state index >= 15 is 0 Å². The molecule has 0 aromatic rings. The van der Waals surface area contributed by atoms with Gasteiger partial charge in [-0.05, 0) is 13.1 Å². The lowest BCUT2D eigenvalue weighted by Gasteiger charge is -2.18. The van der Waals surface area contributed by atoms with Gasteiger partial charge in [-0.15, -0.1) is 0 Å². The molecule has 3 nitrogen and oxygen atoms in total. The minimum absolute atomic E-state index is 0.933. The molecular formula is C12H27N3. The molecule has 3 heteroatoms. The van der Waals surface area contributed by atoms with E-state index in [-0.39, 0.29) is 0 Å². The molecule has 1 N–H and O–H groups in total. The van der Waals surface area contributed by atoms with Crippen LogP contribution in [0.3, 0.4) is 0 Å². The molecule has 0 radical (unpaired) electrons. The van der Waals surface area contributed by atoms with Crippen molar-refractivity contribution >= 4 is 0 Å². The monoisotopic (exact) mass is 213 g/mol. The van der Waals surface area contributed by atoms with Crippen LogP contribution >= 0.6 is 0 Å². The predicted molar refractivity (Wildman–Crippen MR) is 67.9 cm³/mol. The van der Waals surface area contributed by atoms with Gasteiger partial charge in [0, 0.05) is 26.2 Å². The number of nitrogens with one attached hydrogen (secondary N) is 1. The first-order valence-electron chi connectivity index (χ1n) is 6.14. The van der Waals surface area contributed by atoms with Gasteiger partial charge >= 0.3 is 0 Å². The molecule has 0 saturated heterocycles. The van der Waals surface area contributed by atoms with E-state index in [0.717, 1.165) is 39.3 Å². The first kappa shape index (κ1) is 14.6. The van der Waals surface area contributed by atoms with E-state index in [2.05, 4.69) is 55.2 Å². The molecule has 0 bridgehead atoms. The Hall–Kier alpha value is -0.380. The summed E-state index contributed by atoms with van der Waals surface area (Å²) >= 11 is 0. The van der Waals surface area contributed by atoms with E-state index in [0.29, 0.717) is 0 Å². The van der Waals surface area contributed by atoms with Gasteiger partial charge in [-0.25, -0.2) is 5.01 Å². The van der Waals surface area contributed by atoms with E-state index in [1.54, 1.807) is 0 Å². The highest BCUT2D eigenvalue weighted by atomic mass is 15.5. The molecule has 0 saturated carbocycles. The molecule has 0 unspecified atom stereocenters. The minimum atomic E-state index is 0.933. The Balaban J connectivity index is 3.53. The molecule has 0 aliphatic rings. The van der Waals surface area contributed by atoms with Crippen LogP contribution in [-0.4, -0.2) is 49.2 Å². The average molecular weight is 213 g/mol. The topological polar surface area (TPSA) is 18.5 Å². The van der Waals surface area contributed by atoms with Crippen molar-refractivity contribution in [1.82, 2.24) is 15.3 Å². The van der Waals surface area contributed by atoms with Crippen molar-refractivity contribution in [3.05, 3.63) is 12.2 Å². The van der Waals surface area contributed by atoms with E-state index in [9.17, 15) is 0 Å². The van der Waals surface area contributed by atoms with Crippen LogP contribution in [0.15, 0.2) is 12.2 Å². The summed E-state index contributed by atoms with van der Waals surface area (Å²) < 4.78 is 0. The third-order valence-corrected chi connectivity index (χ3v) is 2.62. The Morgan fingerprint density at radius 1 is 0.867 bits per heavy atom. The van der Waals surface area contributed by atoms with Crippen molar-refractivity contribution in [2.75, 3.05) is 39.3 Å². The van der Waals surface area contributed by atoms with Crippen LogP contribution in [0.4, 0.5) is 0 Å². The van der Waals surface area contributed by atoms with Gasteiger partial charge in [-0.1, -0.05) is 39.8 Å². The number of hydrogen-bond acceptors (Lipinski definition) is 3. The van der Waals surface area contributed by atoms with Gasteiger partial charge in [0.05, 0.1) is 0 Å². The second-order valence-corrected chi connectivity index (χ2v) is 3.49. The van der Waals surface area contributed by atoms with Crippen molar-refractivity contribution in [3.63, 3.8) is 0 Å². The number of hydrogen-bond donors (Lipinski definition) is 1. The fraction of sp³-hybridized carbons (Fsp3) is 0.833. The van der Waals surface area contributed by atoms with Crippen LogP contribution < -0.4 is 5.43 Å². The SMILES string of the molecule is CCN(CC)C/C=C/CNN(CC)CC. The van der Waals surface area contributed by atoms with Crippen molar-refractivity contribution in [2.45, 2.75) is 27.7 Å². The lowest BCUT2D eigenvalue weighted by molar-refractivity contribution is 0.220. The summed E-state index contributed by atoms with van der Waals surface area (Å²) in [5, 5.41) is 2.21. The molecule has 0 rings (SSSR count). The van der Waals surface area contributed by atoms with Crippen molar-refractivity contribution in [1.29, 1.82) is 0 Å². The summed E-state index contributed by atoms with van der Waals surface area (Å²) in [6.07, 6.45) is 4.44. The maximum absolute atomic E-state index is 3.36. The second kappa shape index (κ2) is 10.1. The van der Waals surface area contributed by atoms with Crippen LogP contribution in [-0.2, 0) is 0 Å². The number of likely N-dealkylation sites (N-methyl/N-ethyl adjacent to an activating group) is 1. The van der Waals surface area contributed by atoms with Crippen LogP contribution in [0, 0.1) is 0 Å². The summed E-state index contributed by atoms with van der Waals surface area (Å²) in [6.45, 7) is 15.1. The Kier molecular flexibility index (Phi) is 9.89. The molecular weight excluding hydrogens is 186 g/mol.